The number of alkyl halides is 3. The van der Waals surface area contributed by atoms with E-state index in [0.717, 1.165) is 103 Å². The molecular weight excluding hydrogens is 1850 g/mol. The molecule has 107 heavy (non-hydrogen) atoms. The Hall–Kier alpha value is -2.41. The smallest absolute Gasteiger partial charge is 0.405 e. The molecule has 3 saturated heterocycles. The van der Waals surface area contributed by atoms with E-state index >= 15 is 0 Å². The highest BCUT2D eigenvalue weighted by molar-refractivity contribution is 14.1. The zero-order chi connectivity index (χ0) is 81.3. The van der Waals surface area contributed by atoms with Crippen LogP contribution in [0, 0.1) is 0 Å². The molecule has 0 bridgehead atoms. The Morgan fingerprint density at radius 1 is 0.495 bits per heavy atom. The quantitative estimate of drug-likeness (QED) is 0.0219. The second-order valence-corrected chi connectivity index (χ2v) is 52.5. The van der Waals surface area contributed by atoms with Crippen molar-refractivity contribution in [1.82, 2.24) is 30.4 Å². The summed E-state index contributed by atoms with van der Waals surface area (Å²) in [5.41, 5.74) is 4.12. The molecule has 0 unspecified atom stereocenters. The zero-order valence-corrected chi connectivity index (χ0v) is 81.1. The van der Waals surface area contributed by atoms with Crippen LogP contribution in [0.4, 0.5) is 0 Å². The van der Waals surface area contributed by atoms with E-state index in [-0.39, 0.29) is 41.0 Å². The number of benzene rings is 4. The third kappa shape index (κ3) is 36.3. The van der Waals surface area contributed by atoms with Crippen LogP contribution < -0.4 is 5.46 Å². The summed E-state index contributed by atoms with van der Waals surface area (Å²) >= 11 is 19.8. The van der Waals surface area contributed by atoms with Crippen LogP contribution >= 0.6 is 105 Å². The van der Waals surface area contributed by atoms with E-state index in [2.05, 4.69) is 207 Å². The normalized spacial score (nSPS) is 15.8. The lowest BCUT2D eigenvalue weighted by molar-refractivity contribution is 0.00578. The lowest BCUT2D eigenvalue weighted by Gasteiger charge is -2.32. The highest BCUT2D eigenvalue weighted by Gasteiger charge is 2.64. The minimum Gasteiger partial charge on any atom is -0.405 e. The molecule has 3 fully saturated rings. The van der Waals surface area contributed by atoms with E-state index in [9.17, 15) is 14.4 Å². The SMILES string of the molecule is Brc1ccc2[nH]ccc2c1.C.CC.CC1(C)OB(B2OC(C)(C)C(C)(C)O2)OC1(C)C.CC1(C)OB(c2ccc3n[nH]c(C=O)c3c2)OC1(C)C.CCI.CCOCC[Si](C)(C)C.CCOCC[Si](C)(C)C.CI.C[Si](C)(C)CCOCCl.O=Cc1[nH]nc2ccc(Br)cc12.O=Cc1c[nH]c2ccc(Br)cc12. The average Bonchev–Trinajstić information content (AvgIpc) is 1.61. The van der Waals surface area contributed by atoms with Crippen molar-refractivity contribution in [1.29, 1.82) is 0 Å². The number of carbonyl (C=O) groups excluding carboxylic acids is 3. The number of aromatic nitrogens is 6. The van der Waals surface area contributed by atoms with Gasteiger partial charge in [0.2, 0.25) is 0 Å². The van der Waals surface area contributed by atoms with E-state index < -0.39 is 45.4 Å². The molecule has 0 spiro atoms. The Kier molecular flexibility index (Phi) is 48.3. The summed E-state index contributed by atoms with van der Waals surface area (Å²) < 4.78 is 55.6. The average molecular weight is 1970 g/mol. The Morgan fingerprint density at radius 3 is 1.23 bits per heavy atom. The first kappa shape index (κ1) is 105. The fraction of sp³-hybridized carbons (Fsp3) is 0.571. The predicted octanol–water partition coefficient (Wildman–Crippen LogP) is 23.1. The van der Waals surface area contributed by atoms with Crippen molar-refractivity contribution >= 4 is 218 Å². The Bertz CT molecular complexity index is 3630. The lowest BCUT2D eigenvalue weighted by Crippen LogP contribution is -2.41. The van der Waals surface area contributed by atoms with E-state index in [0.29, 0.717) is 23.0 Å². The van der Waals surface area contributed by atoms with E-state index in [1.807, 2.05) is 183 Å². The number of rotatable bonds is 17. The molecule has 4 aromatic carbocycles. The minimum absolute atomic E-state index is 0. The fourth-order valence-corrected chi connectivity index (χ4v) is 12.5. The molecule has 0 radical (unpaired) electrons. The number of hydrogen-bond acceptors (Lipinski definition) is 14. The summed E-state index contributed by atoms with van der Waals surface area (Å²) in [5, 5.41) is 17.2. The predicted molar refractivity (Wildman–Crippen MR) is 493 cm³/mol. The molecule has 4 N–H and O–H groups in total. The summed E-state index contributed by atoms with van der Waals surface area (Å²) in [6.07, 6.45) is 6.04. The van der Waals surface area contributed by atoms with Crippen molar-refractivity contribution in [3.8, 4) is 0 Å². The van der Waals surface area contributed by atoms with E-state index in [1.54, 1.807) is 6.20 Å². The van der Waals surface area contributed by atoms with Crippen molar-refractivity contribution in [2.24, 2.45) is 0 Å². The zero-order valence-electron chi connectivity index (χ0n) is 68.3. The molecule has 7 heterocycles. The molecule has 30 heteroatoms. The Labute approximate surface area is 703 Å². The summed E-state index contributed by atoms with van der Waals surface area (Å²) in [4.78, 5) is 40.2. The first-order chi connectivity index (χ1) is 49.3. The van der Waals surface area contributed by atoms with Gasteiger partial charge in [-0.05, 0) is 197 Å². The summed E-state index contributed by atoms with van der Waals surface area (Å²) in [5.74, 6) is 0. The first-order valence-corrected chi connectivity index (χ1v) is 53.8. The highest BCUT2D eigenvalue weighted by atomic mass is 127. The van der Waals surface area contributed by atoms with E-state index in [1.165, 1.54) is 33.5 Å². The molecule has 0 aliphatic carbocycles. The van der Waals surface area contributed by atoms with Crippen LogP contribution in [0.1, 0.15) is 156 Å². The molecule has 600 valence electrons. The topological polar surface area (TPSA) is 223 Å². The number of H-pyrrole nitrogens is 4. The van der Waals surface area contributed by atoms with E-state index in [4.69, 9.17) is 53.7 Å². The molecular formula is C77H127B3Br3ClI2N6O12Si3. The van der Waals surface area contributed by atoms with Crippen LogP contribution in [0.15, 0.2) is 105 Å². The number of halogens is 6. The second-order valence-electron chi connectivity index (χ2n) is 31.2. The number of fused-ring (bicyclic) bond motifs is 4. The number of aromatic amines is 4. The molecule has 11 rings (SSSR count). The van der Waals surface area contributed by atoms with Crippen LogP contribution in [0.2, 0.25) is 77.1 Å². The highest BCUT2D eigenvalue weighted by Crippen LogP contribution is 2.43. The van der Waals surface area contributed by atoms with Gasteiger partial charge >= 0.3 is 21.1 Å². The summed E-state index contributed by atoms with van der Waals surface area (Å²) in [7, 11) is -3.90. The number of carbonyl (C=O) groups is 3. The largest absolute Gasteiger partial charge is 0.494 e. The maximum Gasteiger partial charge on any atom is 0.494 e. The van der Waals surface area contributed by atoms with Crippen LogP contribution in [-0.2, 0) is 42.1 Å². The van der Waals surface area contributed by atoms with Crippen LogP contribution in [0.5, 0.6) is 0 Å². The third-order valence-electron chi connectivity index (χ3n) is 17.5. The number of ether oxygens (including phenoxy) is 3. The first-order valence-electron chi connectivity index (χ1n) is 36.1. The van der Waals surface area contributed by atoms with Gasteiger partial charge in [0, 0.05) is 121 Å². The maximum absolute atomic E-state index is 11.0. The van der Waals surface area contributed by atoms with Crippen molar-refractivity contribution in [2.75, 3.05) is 48.5 Å². The monoisotopic (exact) mass is 1970 g/mol. The molecule has 4 aromatic heterocycles. The number of nitrogens with zero attached hydrogens (tertiary/aromatic N) is 2. The van der Waals surface area contributed by atoms with Crippen LogP contribution in [-0.4, -0.2) is 177 Å². The standard InChI is InChI=1S/C14H17BN2O3.C12H24B2O4.C9H6BrNO.C8H5BrN2O.C8H6BrN.2C7H18OSi.C6H15ClOSi.C2H5I.C2H6.CH3I.CH4/c1-13(2)14(3,4)20-15(19-13)9-5-6-11-10(7-9)12(8-18)17-16-11;1-9(2)10(3,4)16-13(15-9)14-17-11(5,6)12(7,8)18-14;10-7-1-2-9-8(3-7)6(5-12)4-11-9;9-5-1-2-7-6(3-5)8(4-12)11-10-7;9-7-1-2-8-6(5-7)3-4-10-8;2*1-5-8-6-7-9(2,3)4;1-9(2,3)5-4-8-6-7;1-2-3;2*1-2;/h5-8H,1-4H3,(H,16,17);1-8H3;1-5,11H;1-4H,(H,10,11);1-5,10H;2*5-7H2,1-4H3;4-6H2,1-3H3;2H2,1H3;1-2H3;1H3;1H4. The van der Waals surface area contributed by atoms with Gasteiger partial charge in [-0.15, -0.1) is 0 Å². The molecule has 3 aliphatic heterocycles. The van der Waals surface area contributed by atoms with Crippen molar-refractivity contribution in [3.63, 3.8) is 0 Å². The Morgan fingerprint density at radius 2 is 0.850 bits per heavy atom. The summed E-state index contributed by atoms with van der Waals surface area (Å²) in [6.45, 7) is 60.1. The number of aldehydes is 3. The maximum atomic E-state index is 11.0. The number of nitrogens with one attached hydrogen (secondary N) is 4. The van der Waals surface area contributed by atoms with Gasteiger partial charge in [0.15, 0.2) is 18.9 Å². The van der Waals surface area contributed by atoms with Gasteiger partial charge in [-0.1, -0.05) is 204 Å². The fourth-order valence-electron chi connectivity index (χ4n) is 9.07. The van der Waals surface area contributed by atoms with Crippen LogP contribution in [0.3, 0.4) is 0 Å². The van der Waals surface area contributed by atoms with Crippen LogP contribution in [0.25, 0.3) is 43.6 Å². The molecule has 8 aromatic rings. The third-order valence-corrected chi connectivity index (χ3v) is 24.2. The van der Waals surface area contributed by atoms with Crippen molar-refractivity contribution in [2.45, 2.75) is 236 Å². The molecule has 0 atom stereocenters. The minimum atomic E-state index is -0.878. The van der Waals surface area contributed by atoms with Gasteiger partial charge < -0.3 is 52.1 Å². The van der Waals surface area contributed by atoms with Gasteiger partial charge in [0.1, 0.15) is 17.5 Å². The van der Waals surface area contributed by atoms with Gasteiger partial charge in [-0.25, -0.2) is 0 Å². The van der Waals surface area contributed by atoms with Gasteiger partial charge in [-0.2, -0.15) is 10.2 Å². The number of hydrogen-bond donors (Lipinski definition) is 4. The second kappa shape index (κ2) is 49.4. The van der Waals surface area contributed by atoms with Crippen molar-refractivity contribution < 1.29 is 56.5 Å². The molecule has 0 amide bonds. The van der Waals surface area contributed by atoms with Crippen molar-refractivity contribution in [3.05, 3.63) is 122 Å². The van der Waals surface area contributed by atoms with Gasteiger partial charge in [0.25, 0.3) is 0 Å². The lowest BCUT2D eigenvalue weighted by atomic mass is 9.49. The summed E-state index contributed by atoms with van der Waals surface area (Å²) in [6, 6.07) is 29.4. The molecule has 3 aliphatic rings. The van der Waals surface area contributed by atoms with Gasteiger partial charge in [0.05, 0.1) is 44.6 Å². The molecule has 0 saturated carbocycles. The van der Waals surface area contributed by atoms with Gasteiger partial charge in [-0.3, -0.25) is 24.6 Å². The Balaban J connectivity index is 0.00000120. The molecule has 18 nitrogen and oxygen atoms in total.